The Kier molecular flexibility index (Phi) is 4.54. The van der Waals surface area contributed by atoms with E-state index in [4.69, 9.17) is 4.74 Å². The van der Waals surface area contributed by atoms with Crippen molar-refractivity contribution in [2.24, 2.45) is 34.5 Å². The number of aliphatic hydroxyl groups excluding tert-OH is 2. The summed E-state index contributed by atoms with van der Waals surface area (Å²) in [5, 5.41) is 21.8. The van der Waals surface area contributed by atoms with Crippen LogP contribution >= 0.6 is 0 Å². The fourth-order valence-electron chi connectivity index (χ4n) is 7.19. The predicted octanol–water partition coefficient (Wildman–Crippen LogP) is 2.64. The van der Waals surface area contributed by atoms with Gasteiger partial charge >= 0.3 is 5.97 Å². The summed E-state index contributed by atoms with van der Waals surface area (Å²) in [5.41, 5.74) is 0.515. The minimum Gasteiger partial charge on any atom is -0.465 e. The standard InChI is InChI=1S/C22H32O5/c1-4-27-20(26)14-10-21(2)12(9-16(14)23)5-6-13-15-7-8-18(25)22(15,3)11-17(24)19(13)21/h9,13-15,17-19,24-25H,4-8,10-11H2,1-3H3/t13-,14?,15-,17?,18?,19-,21-,22-/m0/s1. The lowest BCUT2D eigenvalue weighted by molar-refractivity contribution is -0.160. The minimum absolute atomic E-state index is 0.0332. The Bertz CT molecular complexity index is 684. The van der Waals surface area contributed by atoms with Crippen molar-refractivity contribution >= 4 is 11.8 Å². The maximum absolute atomic E-state index is 12.6. The number of ether oxygens (including phenoxy) is 1. The van der Waals surface area contributed by atoms with Crippen LogP contribution in [0.5, 0.6) is 0 Å². The smallest absolute Gasteiger partial charge is 0.316 e. The van der Waals surface area contributed by atoms with Crippen LogP contribution < -0.4 is 0 Å². The molecule has 0 heterocycles. The molecule has 0 aromatic carbocycles. The van der Waals surface area contributed by atoms with E-state index < -0.39 is 18.0 Å². The summed E-state index contributed by atoms with van der Waals surface area (Å²) < 4.78 is 5.15. The molecule has 4 aliphatic carbocycles. The third kappa shape index (κ3) is 2.65. The van der Waals surface area contributed by atoms with E-state index in [1.165, 1.54) is 0 Å². The Hall–Kier alpha value is -1.20. The van der Waals surface area contributed by atoms with Crippen LogP contribution in [0.1, 0.15) is 59.3 Å². The molecule has 3 fully saturated rings. The van der Waals surface area contributed by atoms with Crippen molar-refractivity contribution in [2.45, 2.75) is 71.5 Å². The summed E-state index contributed by atoms with van der Waals surface area (Å²) in [4.78, 5) is 24.9. The lowest BCUT2D eigenvalue weighted by atomic mass is 9.46. The fourth-order valence-corrected chi connectivity index (χ4v) is 7.19. The number of aliphatic hydroxyl groups is 2. The molecular weight excluding hydrogens is 344 g/mol. The number of esters is 1. The number of carbonyl (C=O) groups excluding carboxylic acids is 2. The molecule has 0 spiro atoms. The normalized spacial score (nSPS) is 48.9. The number of hydrogen-bond acceptors (Lipinski definition) is 5. The largest absolute Gasteiger partial charge is 0.465 e. The Morgan fingerprint density at radius 2 is 1.96 bits per heavy atom. The molecule has 0 aliphatic heterocycles. The van der Waals surface area contributed by atoms with Crippen molar-refractivity contribution in [3.05, 3.63) is 11.6 Å². The Morgan fingerprint density at radius 3 is 2.67 bits per heavy atom. The third-order valence-electron chi connectivity index (χ3n) is 8.48. The van der Waals surface area contributed by atoms with Crippen LogP contribution in [-0.2, 0) is 14.3 Å². The van der Waals surface area contributed by atoms with Crippen molar-refractivity contribution in [1.82, 2.24) is 0 Å². The van der Waals surface area contributed by atoms with E-state index in [9.17, 15) is 19.8 Å². The second-order valence-electron chi connectivity index (χ2n) is 9.70. The predicted molar refractivity (Wildman–Crippen MR) is 99.6 cm³/mol. The number of rotatable bonds is 2. The highest BCUT2D eigenvalue weighted by atomic mass is 16.5. The number of carbonyl (C=O) groups is 2. The lowest BCUT2D eigenvalue weighted by Crippen LogP contribution is -2.58. The average molecular weight is 376 g/mol. The van der Waals surface area contributed by atoms with Crippen LogP contribution in [0.15, 0.2) is 11.6 Å². The molecule has 2 N–H and O–H groups in total. The zero-order chi connectivity index (χ0) is 19.6. The molecule has 8 atom stereocenters. The molecule has 3 saturated carbocycles. The molecule has 4 aliphatic rings. The molecule has 150 valence electrons. The van der Waals surface area contributed by atoms with Crippen molar-refractivity contribution < 1.29 is 24.5 Å². The molecule has 5 nitrogen and oxygen atoms in total. The van der Waals surface area contributed by atoms with E-state index in [1.807, 2.05) is 0 Å². The monoisotopic (exact) mass is 376 g/mol. The van der Waals surface area contributed by atoms with Crippen LogP contribution in [0.2, 0.25) is 0 Å². The number of allylic oxidation sites excluding steroid dienone is 1. The molecule has 4 rings (SSSR count). The van der Waals surface area contributed by atoms with Gasteiger partial charge in [0, 0.05) is 0 Å². The summed E-state index contributed by atoms with van der Waals surface area (Å²) in [6.45, 7) is 6.28. The first-order chi connectivity index (χ1) is 12.7. The van der Waals surface area contributed by atoms with Crippen LogP contribution in [0.4, 0.5) is 0 Å². The van der Waals surface area contributed by atoms with E-state index >= 15 is 0 Å². The first-order valence-electron chi connectivity index (χ1n) is 10.5. The van der Waals surface area contributed by atoms with Gasteiger partial charge in [-0.1, -0.05) is 19.4 Å². The maximum Gasteiger partial charge on any atom is 0.316 e. The minimum atomic E-state index is -0.757. The maximum atomic E-state index is 12.6. The van der Waals surface area contributed by atoms with Gasteiger partial charge in [-0.05, 0) is 80.1 Å². The molecule has 0 radical (unpaired) electrons. The highest BCUT2D eigenvalue weighted by Gasteiger charge is 2.62. The van der Waals surface area contributed by atoms with Gasteiger partial charge in [0.15, 0.2) is 5.78 Å². The van der Waals surface area contributed by atoms with E-state index in [2.05, 4.69) is 13.8 Å². The fraction of sp³-hybridized carbons (Fsp3) is 0.818. The molecule has 0 bridgehead atoms. The molecule has 0 amide bonds. The summed E-state index contributed by atoms with van der Waals surface area (Å²) in [6.07, 6.45) is 5.44. The second-order valence-corrected chi connectivity index (χ2v) is 9.70. The zero-order valence-electron chi connectivity index (χ0n) is 16.6. The van der Waals surface area contributed by atoms with Gasteiger partial charge in [0.2, 0.25) is 0 Å². The van der Waals surface area contributed by atoms with E-state index in [0.29, 0.717) is 24.7 Å². The number of ketones is 1. The van der Waals surface area contributed by atoms with Gasteiger partial charge in [0.1, 0.15) is 5.92 Å². The van der Waals surface area contributed by atoms with Gasteiger partial charge in [-0.2, -0.15) is 0 Å². The highest BCUT2D eigenvalue weighted by Crippen LogP contribution is 2.65. The number of hydrogen-bond donors (Lipinski definition) is 2. The van der Waals surface area contributed by atoms with Gasteiger partial charge in [-0.25, -0.2) is 0 Å². The first kappa shape index (κ1) is 19.1. The Morgan fingerprint density at radius 1 is 1.22 bits per heavy atom. The summed E-state index contributed by atoms with van der Waals surface area (Å²) in [5.74, 6) is -0.580. The van der Waals surface area contributed by atoms with Crippen LogP contribution in [0, 0.1) is 34.5 Å². The van der Waals surface area contributed by atoms with Crippen LogP contribution in [0.25, 0.3) is 0 Å². The highest BCUT2D eigenvalue weighted by molar-refractivity contribution is 6.06. The number of fused-ring (bicyclic) bond motifs is 5. The van der Waals surface area contributed by atoms with Crippen LogP contribution in [-0.4, -0.2) is 40.8 Å². The summed E-state index contributed by atoms with van der Waals surface area (Å²) in [6, 6.07) is 0. The molecule has 0 saturated heterocycles. The summed E-state index contributed by atoms with van der Waals surface area (Å²) >= 11 is 0. The van der Waals surface area contributed by atoms with Gasteiger partial charge < -0.3 is 14.9 Å². The molecule has 27 heavy (non-hydrogen) atoms. The van der Waals surface area contributed by atoms with E-state index in [-0.39, 0.29) is 35.2 Å². The average Bonchev–Trinajstić information content (AvgIpc) is 2.89. The van der Waals surface area contributed by atoms with Crippen LogP contribution in [0.3, 0.4) is 0 Å². The quantitative estimate of drug-likeness (QED) is 0.572. The van der Waals surface area contributed by atoms with Crippen molar-refractivity contribution in [3.63, 3.8) is 0 Å². The molecule has 0 aromatic heterocycles. The molecular formula is C22H32O5. The topological polar surface area (TPSA) is 83.8 Å². The Labute approximate surface area is 161 Å². The Balaban J connectivity index is 1.70. The van der Waals surface area contributed by atoms with Gasteiger partial charge in [0.05, 0.1) is 18.8 Å². The van der Waals surface area contributed by atoms with Crippen molar-refractivity contribution in [3.8, 4) is 0 Å². The molecule has 5 heteroatoms. The van der Waals surface area contributed by atoms with Gasteiger partial charge in [-0.15, -0.1) is 0 Å². The lowest BCUT2D eigenvalue weighted by Gasteiger charge is -2.59. The second kappa shape index (κ2) is 6.41. The third-order valence-corrected chi connectivity index (χ3v) is 8.48. The summed E-state index contributed by atoms with van der Waals surface area (Å²) in [7, 11) is 0. The van der Waals surface area contributed by atoms with Crippen molar-refractivity contribution in [2.75, 3.05) is 6.61 Å². The molecule has 3 unspecified atom stereocenters. The van der Waals surface area contributed by atoms with Crippen molar-refractivity contribution in [1.29, 1.82) is 0 Å². The van der Waals surface area contributed by atoms with Gasteiger partial charge in [0.25, 0.3) is 0 Å². The van der Waals surface area contributed by atoms with Gasteiger partial charge in [-0.3, -0.25) is 9.59 Å². The van der Waals surface area contributed by atoms with E-state index in [0.717, 1.165) is 31.3 Å². The first-order valence-corrected chi connectivity index (χ1v) is 10.5. The van der Waals surface area contributed by atoms with E-state index in [1.54, 1.807) is 13.0 Å². The zero-order valence-corrected chi connectivity index (χ0v) is 16.6. The molecule has 0 aromatic rings. The SMILES string of the molecule is CCOC(=O)C1C[C@@]2(C)C(=CC1=O)CC[C@@H]1[C@H]2C(O)C[C@]2(C)C(O)CC[C@@H]12.